The van der Waals surface area contributed by atoms with E-state index in [0.29, 0.717) is 0 Å². The van der Waals surface area contributed by atoms with Crippen molar-refractivity contribution in [3.63, 3.8) is 0 Å². The van der Waals surface area contributed by atoms with Crippen molar-refractivity contribution in [2.75, 3.05) is 0 Å². The monoisotopic (exact) mass is 602 g/mol. The first-order valence-corrected chi connectivity index (χ1v) is 23.4. The van der Waals surface area contributed by atoms with E-state index in [1.807, 2.05) is 0 Å². The van der Waals surface area contributed by atoms with Gasteiger partial charge in [-0.3, -0.25) is 0 Å². The molecule has 0 fully saturated rings. The van der Waals surface area contributed by atoms with Crippen LogP contribution >= 0.6 is 17.0 Å². The van der Waals surface area contributed by atoms with Crippen LogP contribution < -0.4 is 13.6 Å². The zero-order valence-corrected chi connectivity index (χ0v) is 26.4. The third kappa shape index (κ3) is 3.80. The van der Waals surface area contributed by atoms with Crippen LogP contribution in [-0.4, -0.2) is 9.52 Å². The molecular weight excluding hydrogens is 575 g/mol. The maximum atomic E-state index is 7.75. The fourth-order valence-corrected chi connectivity index (χ4v) is 23.4. The molecule has 4 aromatic carbocycles. The Hall–Kier alpha value is -1.70. The van der Waals surface area contributed by atoms with Crippen molar-refractivity contribution in [1.29, 1.82) is 0 Å². The number of aryl methyl sites for hydroxylation is 2. The van der Waals surface area contributed by atoms with Crippen LogP contribution in [0.25, 0.3) is 28.3 Å². The van der Waals surface area contributed by atoms with Gasteiger partial charge in [-0.2, -0.15) is 0 Å². The van der Waals surface area contributed by atoms with Gasteiger partial charge < -0.3 is 0 Å². The molecule has 180 valence electrons. The first-order chi connectivity index (χ1) is 17.5. The normalized spacial score (nSPS) is 16.6. The van der Waals surface area contributed by atoms with E-state index in [4.69, 9.17) is 17.0 Å². The zero-order chi connectivity index (χ0) is 25.0. The number of fused-ring (bicyclic) bond motifs is 4. The number of rotatable bonds is 5. The van der Waals surface area contributed by atoms with Gasteiger partial charge >= 0.3 is 230 Å². The third-order valence-corrected chi connectivity index (χ3v) is 22.5. The van der Waals surface area contributed by atoms with Gasteiger partial charge in [-0.15, -0.1) is 0 Å². The summed E-state index contributed by atoms with van der Waals surface area (Å²) in [4.78, 5) is 0. The SMILES string of the molecule is CCC1=Cc2c(ccc(C)c2-c2ccccc2CC)[CH]1[Zr]([Cl])([Cl])[c]1cccc2c1[SiH2]c1ccccc1-2. The fourth-order valence-electron chi connectivity index (χ4n) is 6.41. The second-order valence-corrected chi connectivity index (χ2v) is 25.9. The van der Waals surface area contributed by atoms with Gasteiger partial charge in [0.15, 0.2) is 0 Å². The number of halogens is 2. The molecule has 4 heteroatoms. The molecule has 1 unspecified atom stereocenters. The van der Waals surface area contributed by atoms with Crippen LogP contribution in [0.4, 0.5) is 0 Å². The molecule has 0 bridgehead atoms. The fraction of sp³-hybridized carbons (Fsp3) is 0.188. The number of allylic oxidation sites excluding steroid dienone is 1. The standard InChI is InChI=1S/C20H21.C12H9Si.2ClH.Zr/c1-4-15-12-17-11-10-14(3)20(19(17)13-15)18-9-7-6-8-16(18)5-2;1-3-7-11-9(5-1)10-6-2-4-8-12(10)13-11;;;/h6-13H,4-5H2,1-3H3;1-7H,13H2;2*1H;/q;;;;+2/p-2. The Morgan fingerprint density at radius 2 is 1.50 bits per heavy atom. The molecule has 1 atom stereocenters. The summed E-state index contributed by atoms with van der Waals surface area (Å²) in [5.41, 5.74) is 12.3. The zero-order valence-electron chi connectivity index (χ0n) is 21.0. The molecule has 0 nitrogen and oxygen atoms in total. The number of benzene rings is 4. The van der Waals surface area contributed by atoms with Crippen molar-refractivity contribution in [3.05, 3.63) is 107 Å². The summed E-state index contributed by atoms with van der Waals surface area (Å²) in [6, 6.07) is 29.0. The number of hydrogen-bond donors (Lipinski definition) is 0. The molecule has 0 aromatic heterocycles. The third-order valence-electron chi connectivity index (χ3n) is 8.15. The Morgan fingerprint density at radius 3 is 2.28 bits per heavy atom. The molecule has 6 rings (SSSR count). The van der Waals surface area contributed by atoms with E-state index in [9.17, 15) is 0 Å². The Bertz CT molecular complexity index is 1540. The molecule has 1 heterocycles. The van der Waals surface area contributed by atoms with E-state index in [1.54, 1.807) is 0 Å². The molecule has 1 aliphatic carbocycles. The van der Waals surface area contributed by atoms with E-state index in [1.165, 1.54) is 63.7 Å². The Balaban J connectivity index is 1.53. The summed E-state index contributed by atoms with van der Waals surface area (Å²) in [6.45, 7) is 6.73. The molecule has 0 spiro atoms. The molecule has 0 amide bonds. The van der Waals surface area contributed by atoms with Gasteiger partial charge in [0.1, 0.15) is 0 Å². The van der Waals surface area contributed by atoms with Crippen molar-refractivity contribution in [1.82, 2.24) is 0 Å². The topological polar surface area (TPSA) is 0 Å². The molecule has 36 heavy (non-hydrogen) atoms. The average molecular weight is 605 g/mol. The van der Waals surface area contributed by atoms with Crippen molar-refractivity contribution >= 4 is 46.3 Å². The van der Waals surface area contributed by atoms with Crippen LogP contribution in [0.5, 0.6) is 0 Å². The average Bonchev–Trinajstić information content (AvgIpc) is 3.47. The molecule has 2 aliphatic rings. The van der Waals surface area contributed by atoms with Gasteiger partial charge in [0.25, 0.3) is 0 Å². The Morgan fingerprint density at radius 1 is 0.778 bits per heavy atom. The molecule has 4 aromatic rings. The van der Waals surface area contributed by atoms with Crippen LogP contribution in [0, 0.1) is 6.92 Å². The van der Waals surface area contributed by atoms with Crippen LogP contribution in [0.3, 0.4) is 0 Å². The van der Waals surface area contributed by atoms with Gasteiger partial charge in [0.2, 0.25) is 0 Å². The first kappa shape index (κ1) is 24.6. The molecule has 0 saturated heterocycles. The van der Waals surface area contributed by atoms with E-state index in [-0.39, 0.29) is 3.63 Å². The molecule has 1 aliphatic heterocycles. The van der Waals surface area contributed by atoms with E-state index < -0.39 is 27.4 Å². The van der Waals surface area contributed by atoms with Gasteiger partial charge in [-0.1, -0.05) is 0 Å². The Labute approximate surface area is 228 Å². The summed E-state index contributed by atoms with van der Waals surface area (Å²) in [5.74, 6) is 0. The van der Waals surface area contributed by atoms with Crippen molar-refractivity contribution < 1.29 is 17.9 Å². The second kappa shape index (κ2) is 9.55. The molecular formula is C32H30Cl2SiZr. The minimum absolute atomic E-state index is 0.139. The first-order valence-electron chi connectivity index (χ1n) is 13.0. The van der Waals surface area contributed by atoms with Gasteiger partial charge in [0, 0.05) is 0 Å². The van der Waals surface area contributed by atoms with Gasteiger partial charge in [-0.25, -0.2) is 0 Å². The summed E-state index contributed by atoms with van der Waals surface area (Å²) in [5, 5.41) is 3.01. The molecule has 0 radical (unpaired) electrons. The summed E-state index contributed by atoms with van der Waals surface area (Å²) in [7, 11) is 14.9. The summed E-state index contributed by atoms with van der Waals surface area (Å²) < 4.78 is 1.45. The van der Waals surface area contributed by atoms with Crippen LogP contribution in [0.1, 0.15) is 46.1 Å². The van der Waals surface area contributed by atoms with Gasteiger partial charge in [0.05, 0.1) is 0 Å². The van der Waals surface area contributed by atoms with Crippen molar-refractivity contribution in [2.24, 2.45) is 0 Å². The van der Waals surface area contributed by atoms with Gasteiger partial charge in [-0.05, 0) is 0 Å². The van der Waals surface area contributed by atoms with E-state index in [0.717, 1.165) is 12.8 Å². The van der Waals surface area contributed by atoms with Crippen LogP contribution in [0.2, 0.25) is 0 Å². The molecule has 0 saturated carbocycles. The Kier molecular flexibility index (Phi) is 6.54. The second-order valence-electron chi connectivity index (χ2n) is 10.1. The minimum atomic E-state index is -3.90. The van der Waals surface area contributed by atoms with E-state index in [2.05, 4.69) is 106 Å². The van der Waals surface area contributed by atoms with E-state index >= 15 is 0 Å². The van der Waals surface area contributed by atoms with Crippen molar-refractivity contribution in [3.8, 4) is 22.3 Å². The molecule has 0 N–H and O–H groups in total. The van der Waals surface area contributed by atoms with Crippen LogP contribution in [0.15, 0.2) is 84.4 Å². The summed E-state index contributed by atoms with van der Waals surface area (Å²) in [6.07, 6.45) is 4.42. The summed E-state index contributed by atoms with van der Waals surface area (Å²) >= 11 is -3.90. The maximum absolute atomic E-state index is 7.75. The predicted molar refractivity (Wildman–Crippen MR) is 158 cm³/mol. The predicted octanol–water partition coefficient (Wildman–Crippen LogP) is 6.96. The number of hydrogen-bond acceptors (Lipinski definition) is 0. The van der Waals surface area contributed by atoms with Crippen LogP contribution in [-0.2, 0) is 24.3 Å². The quantitative estimate of drug-likeness (QED) is 0.190. The van der Waals surface area contributed by atoms with Crippen molar-refractivity contribution in [2.45, 2.75) is 37.2 Å².